The summed E-state index contributed by atoms with van der Waals surface area (Å²) in [4.78, 5) is 11.7. The molecule has 1 aliphatic heterocycles. The summed E-state index contributed by atoms with van der Waals surface area (Å²) in [5, 5.41) is 17.2. The highest BCUT2D eigenvalue weighted by Crippen LogP contribution is 2.44. The summed E-state index contributed by atoms with van der Waals surface area (Å²) in [5.41, 5.74) is -0.404. The van der Waals surface area contributed by atoms with E-state index in [0.29, 0.717) is 4.68 Å². The summed E-state index contributed by atoms with van der Waals surface area (Å²) in [6.45, 7) is 0. The molecule has 0 radical (unpaired) electrons. The molecule has 0 aromatic carbocycles. The van der Waals surface area contributed by atoms with Gasteiger partial charge in [-0.15, -0.1) is 11.3 Å². The summed E-state index contributed by atoms with van der Waals surface area (Å²) in [5.74, 6) is -1.29. The maximum atomic E-state index is 13.2. The highest BCUT2D eigenvalue weighted by Gasteiger charge is 2.47. The summed E-state index contributed by atoms with van der Waals surface area (Å²) >= 11 is 1.35. The van der Waals surface area contributed by atoms with E-state index in [1.54, 1.807) is 17.5 Å². The number of carbonyl (C=O) groups is 1. The van der Waals surface area contributed by atoms with Crippen LogP contribution in [0.2, 0.25) is 0 Å². The predicted molar refractivity (Wildman–Crippen MR) is 69.6 cm³/mol. The Hall–Kier alpha value is -2.03. The van der Waals surface area contributed by atoms with Gasteiger partial charge < -0.3 is 10.4 Å². The number of carboxylic acids is 1. The molecule has 5 nitrogen and oxygen atoms in total. The van der Waals surface area contributed by atoms with Crippen molar-refractivity contribution >= 4 is 23.1 Å². The Balaban J connectivity index is 2.03. The van der Waals surface area contributed by atoms with Gasteiger partial charge in [0.15, 0.2) is 11.7 Å². The largest absolute Gasteiger partial charge is 0.476 e. The van der Waals surface area contributed by atoms with Crippen LogP contribution in [0.4, 0.5) is 19.0 Å². The Bertz CT molecular complexity index is 666. The van der Waals surface area contributed by atoms with E-state index in [9.17, 15) is 18.0 Å². The lowest BCUT2D eigenvalue weighted by atomic mass is 10.0. The maximum Gasteiger partial charge on any atom is 0.410 e. The highest BCUT2D eigenvalue weighted by atomic mass is 32.1. The lowest BCUT2D eigenvalue weighted by molar-refractivity contribution is -0.173. The van der Waals surface area contributed by atoms with Crippen LogP contribution < -0.4 is 5.32 Å². The van der Waals surface area contributed by atoms with Crippen molar-refractivity contribution in [2.75, 3.05) is 5.32 Å². The minimum absolute atomic E-state index is 0.0689. The van der Waals surface area contributed by atoms with Gasteiger partial charge in [-0.2, -0.15) is 18.3 Å². The van der Waals surface area contributed by atoms with Gasteiger partial charge >= 0.3 is 12.1 Å². The minimum atomic E-state index is -4.49. The van der Waals surface area contributed by atoms with E-state index in [0.717, 1.165) is 10.9 Å². The number of carboxylic acid groups (broad SMARTS) is 1. The summed E-state index contributed by atoms with van der Waals surface area (Å²) < 4.78 is 40.4. The van der Waals surface area contributed by atoms with Crippen LogP contribution >= 0.6 is 11.3 Å². The maximum absolute atomic E-state index is 13.2. The fourth-order valence-electron chi connectivity index (χ4n) is 2.35. The normalized spacial score (nSPS) is 21.7. The molecule has 112 valence electrons. The molecule has 0 spiro atoms. The number of nitrogens with zero attached hydrogens (tertiary/aromatic N) is 2. The van der Waals surface area contributed by atoms with Crippen molar-refractivity contribution in [3.63, 3.8) is 0 Å². The van der Waals surface area contributed by atoms with E-state index in [1.165, 1.54) is 11.3 Å². The Labute approximate surface area is 121 Å². The molecule has 3 heterocycles. The number of nitrogens with one attached hydrogen (secondary N) is 1. The van der Waals surface area contributed by atoms with Gasteiger partial charge in [-0.25, -0.2) is 9.48 Å². The number of aromatic nitrogens is 2. The molecule has 0 saturated heterocycles. The van der Waals surface area contributed by atoms with Crippen LogP contribution in [-0.2, 0) is 0 Å². The third-order valence-electron chi connectivity index (χ3n) is 3.30. The second-order valence-electron chi connectivity index (χ2n) is 4.67. The molecule has 21 heavy (non-hydrogen) atoms. The number of halogens is 3. The standard InChI is InChI=1S/C12H10F3N3O2S/c13-12(14,15)9-4-6(8-2-1-3-21-8)16-10-5-7(11(19)20)17-18(9)10/h1-3,5-6,9,16H,4H2,(H,19,20). The molecule has 2 unspecified atom stereocenters. The predicted octanol–water partition coefficient (Wildman–Crippen LogP) is 3.30. The molecule has 0 amide bonds. The molecule has 3 rings (SSSR count). The first-order valence-electron chi connectivity index (χ1n) is 6.06. The third-order valence-corrected chi connectivity index (χ3v) is 4.28. The van der Waals surface area contributed by atoms with Crippen LogP contribution in [0.25, 0.3) is 0 Å². The Morgan fingerprint density at radius 1 is 1.52 bits per heavy atom. The van der Waals surface area contributed by atoms with Crippen molar-refractivity contribution in [2.45, 2.75) is 24.7 Å². The number of fused-ring (bicyclic) bond motifs is 1. The van der Waals surface area contributed by atoms with Crippen LogP contribution in [0.3, 0.4) is 0 Å². The third kappa shape index (κ3) is 2.48. The zero-order valence-electron chi connectivity index (χ0n) is 10.5. The number of hydrogen-bond donors (Lipinski definition) is 2. The Morgan fingerprint density at radius 2 is 2.29 bits per heavy atom. The van der Waals surface area contributed by atoms with E-state index in [1.807, 2.05) is 0 Å². The fraction of sp³-hybridized carbons (Fsp3) is 0.333. The zero-order chi connectivity index (χ0) is 15.2. The van der Waals surface area contributed by atoms with Crippen LogP contribution in [0.1, 0.15) is 33.9 Å². The van der Waals surface area contributed by atoms with Crippen LogP contribution in [-0.4, -0.2) is 27.0 Å². The topological polar surface area (TPSA) is 67.1 Å². The van der Waals surface area contributed by atoms with Gasteiger partial charge in [0, 0.05) is 17.4 Å². The first kappa shape index (κ1) is 13.9. The Morgan fingerprint density at radius 3 is 2.86 bits per heavy atom. The molecule has 0 bridgehead atoms. The van der Waals surface area contributed by atoms with Gasteiger partial charge in [0.1, 0.15) is 5.82 Å². The van der Waals surface area contributed by atoms with Crippen molar-refractivity contribution in [1.29, 1.82) is 0 Å². The summed E-state index contributed by atoms with van der Waals surface area (Å²) in [6, 6.07) is 2.29. The number of aromatic carboxylic acids is 1. The van der Waals surface area contributed by atoms with E-state index in [4.69, 9.17) is 5.11 Å². The smallest absolute Gasteiger partial charge is 0.410 e. The summed E-state index contributed by atoms with van der Waals surface area (Å²) in [7, 11) is 0. The van der Waals surface area contributed by atoms with Crippen molar-refractivity contribution in [3.8, 4) is 0 Å². The van der Waals surface area contributed by atoms with Gasteiger partial charge in [0.2, 0.25) is 0 Å². The lowest BCUT2D eigenvalue weighted by Gasteiger charge is -2.32. The average molecular weight is 317 g/mol. The quantitative estimate of drug-likeness (QED) is 0.892. The monoisotopic (exact) mass is 317 g/mol. The molecule has 9 heteroatoms. The number of hydrogen-bond acceptors (Lipinski definition) is 4. The first-order valence-corrected chi connectivity index (χ1v) is 6.93. The van der Waals surface area contributed by atoms with Crippen LogP contribution in [0.15, 0.2) is 23.6 Å². The van der Waals surface area contributed by atoms with Crippen LogP contribution in [0, 0.1) is 0 Å². The van der Waals surface area contributed by atoms with Gasteiger partial charge in [-0.1, -0.05) is 6.07 Å². The molecule has 2 atom stereocenters. The molecule has 0 saturated carbocycles. The van der Waals surface area contributed by atoms with Crippen molar-refractivity contribution < 1.29 is 23.1 Å². The molecule has 1 aliphatic rings. The number of rotatable bonds is 2. The first-order chi connectivity index (χ1) is 9.86. The molecular formula is C12H10F3N3O2S. The van der Waals surface area contributed by atoms with E-state index in [-0.39, 0.29) is 12.2 Å². The second kappa shape index (κ2) is 4.76. The lowest BCUT2D eigenvalue weighted by Crippen LogP contribution is -2.35. The van der Waals surface area contributed by atoms with Gasteiger partial charge in [-0.3, -0.25) is 0 Å². The Kier molecular flexibility index (Phi) is 3.16. The molecule has 0 fully saturated rings. The molecule has 2 aromatic heterocycles. The average Bonchev–Trinajstić information content (AvgIpc) is 3.05. The molecule has 2 N–H and O–H groups in total. The van der Waals surface area contributed by atoms with Crippen LogP contribution in [0.5, 0.6) is 0 Å². The number of anilines is 1. The number of thiophene rings is 1. The van der Waals surface area contributed by atoms with Crippen molar-refractivity contribution in [1.82, 2.24) is 9.78 Å². The van der Waals surface area contributed by atoms with Gasteiger partial charge in [0.05, 0.1) is 6.04 Å². The van der Waals surface area contributed by atoms with E-state index >= 15 is 0 Å². The highest BCUT2D eigenvalue weighted by molar-refractivity contribution is 7.10. The van der Waals surface area contributed by atoms with Gasteiger partial charge in [0.25, 0.3) is 0 Å². The summed E-state index contributed by atoms with van der Waals surface area (Å²) in [6.07, 6.45) is -4.72. The SMILES string of the molecule is O=C(O)c1cc2n(n1)C(C(F)(F)F)CC(c1cccs1)N2. The van der Waals surface area contributed by atoms with Crippen molar-refractivity contribution in [3.05, 3.63) is 34.2 Å². The fourth-order valence-corrected chi connectivity index (χ4v) is 3.14. The molecule has 0 aliphatic carbocycles. The minimum Gasteiger partial charge on any atom is -0.476 e. The molecule has 2 aromatic rings. The molecular weight excluding hydrogens is 307 g/mol. The second-order valence-corrected chi connectivity index (χ2v) is 5.65. The van der Waals surface area contributed by atoms with Gasteiger partial charge in [-0.05, 0) is 11.4 Å². The number of alkyl halides is 3. The zero-order valence-corrected chi connectivity index (χ0v) is 11.3. The van der Waals surface area contributed by atoms with E-state index in [2.05, 4.69) is 10.4 Å². The van der Waals surface area contributed by atoms with Crippen molar-refractivity contribution in [2.24, 2.45) is 0 Å². The van der Waals surface area contributed by atoms with E-state index < -0.39 is 29.9 Å².